The number of amides is 2. The lowest BCUT2D eigenvalue weighted by Crippen LogP contribution is -2.45. The first-order valence-corrected chi connectivity index (χ1v) is 9.38. The van der Waals surface area contributed by atoms with Gasteiger partial charge in [-0.05, 0) is 18.6 Å². The molecule has 30 heavy (non-hydrogen) atoms. The SMILES string of the molecule is CCOC(=O)C1=C(c2ccccc2)NC(=O)N[C@H]1c1cc(OC)c(OC)cc1OC. The van der Waals surface area contributed by atoms with Gasteiger partial charge in [0.05, 0.1) is 45.2 Å². The van der Waals surface area contributed by atoms with Crippen LogP contribution in [-0.2, 0) is 9.53 Å². The van der Waals surface area contributed by atoms with Gasteiger partial charge in [0.25, 0.3) is 0 Å². The van der Waals surface area contributed by atoms with Crippen LogP contribution in [0, 0.1) is 0 Å². The molecule has 2 aromatic rings. The molecule has 0 saturated heterocycles. The molecule has 0 spiro atoms. The summed E-state index contributed by atoms with van der Waals surface area (Å²) >= 11 is 0. The Bertz CT molecular complexity index is 971. The van der Waals surface area contributed by atoms with Gasteiger partial charge in [-0.3, -0.25) is 0 Å². The average Bonchev–Trinajstić information content (AvgIpc) is 2.78. The Morgan fingerprint density at radius 3 is 2.20 bits per heavy atom. The number of carbonyl (C=O) groups is 2. The Balaban J connectivity index is 2.26. The van der Waals surface area contributed by atoms with E-state index < -0.39 is 18.0 Å². The highest BCUT2D eigenvalue weighted by atomic mass is 16.5. The van der Waals surface area contributed by atoms with E-state index in [1.54, 1.807) is 19.1 Å². The van der Waals surface area contributed by atoms with Crippen molar-refractivity contribution in [2.45, 2.75) is 13.0 Å². The van der Waals surface area contributed by atoms with E-state index in [0.29, 0.717) is 34.1 Å². The Kier molecular flexibility index (Phi) is 6.46. The molecule has 1 aliphatic heterocycles. The zero-order valence-corrected chi connectivity index (χ0v) is 17.3. The van der Waals surface area contributed by atoms with Gasteiger partial charge in [0, 0.05) is 11.6 Å². The molecule has 1 atom stereocenters. The monoisotopic (exact) mass is 412 g/mol. The van der Waals surface area contributed by atoms with E-state index in [2.05, 4.69) is 10.6 Å². The second kappa shape index (κ2) is 9.21. The van der Waals surface area contributed by atoms with Crippen LogP contribution < -0.4 is 24.8 Å². The normalized spacial score (nSPS) is 15.7. The molecule has 0 saturated carbocycles. The summed E-state index contributed by atoms with van der Waals surface area (Å²) in [7, 11) is 4.52. The van der Waals surface area contributed by atoms with Crippen molar-refractivity contribution in [3.8, 4) is 17.2 Å². The lowest BCUT2D eigenvalue weighted by atomic mass is 9.91. The zero-order valence-electron chi connectivity index (χ0n) is 17.3. The fourth-order valence-corrected chi connectivity index (χ4v) is 3.34. The van der Waals surface area contributed by atoms with Gasteiger partial charge in [0.1, 0.15) is 5.75 Å². The van der Waals surface area contributed by atoms with Crippen LogP contribution in [0.1, 0.15) is 24.1 Å². The molecule has 8 heteroatoms. The van der Waals surface area contributed by atoms with Crippen LogP contribution in [0.3, 0.4) is 0 Å². The molecular formula is C22H24N2O6. The molecule has 0 fully saturated rings. The predicted octanol–water partition coefficient (Wildman–Crippen LogP) is 3.04. The number of nitrogens with one attached hydrogen (secondary N) is 2. The van der Waals surface area contributed by atoms with Crippen LogP contribution >= 0.6 is 0 Å². The standard InChI is InChI=1S/C22H24N2O6/c1-5-30-21(25)18-19(13-9-7-6-8-10-13)23-22(26)24-20(18)14-11-16(28-3)17(29-4)12-15(14)27-2/h6-12,20H,5H2,1-4H3,(H2,23,24,26)/t20-/m0/s1. The summed E-state index contributed by atoms with van der Waals surface area (Å²) in [4.78, 5) is 25.5. The molecule has 1 aliphatic rings. The molecule has 0 radical (unpaired) electrons. The number of hydrogen-bond donors (Lipinski definition) is 2. The smallest absolute Gasteiger partial charge is 0.338 e. The van der Waals surface area contributed by atoms with E-state index in [1.165, 1.54) is 21.3 Å². The number of urea groups is 1. The largest absolute Gasteiger partial charge is 0.496 e. The number of methoxy groups -OCH3 is 3. The van der Waals surface area contributed by atoms with Gasteiger partial charge >= 0.3 is 12.0 Å². The van der Waals surface area contributed by atoms with Crippen LogP contribution in [0.4, 0.5) is 4.79 Å². The van der Waals surface area contributed by atoms with Gasteiger partial charge in [-0.25, -0.2) is 9.59 Å². The quantitative estimate of drug-likeness (QED) is 0.679. The minimum Gasteiger partial charge on any atom is -0.496 e. The average molecular weight is 412 g/mol. The number of benzene rings is 2. The topological polar surface area (TPSA) is 95.1 Å². The minimum absolute atomic E-state index is 0.189. The fraction of sp³-hybridized carbons (Fsp3) is 0.273. The van der Waals surface area contributed by atoms with E-state index in [4.69, 9.17) is 18.9 Å². The van der Waals surface area contributed by atoms with Gasteiger partial charge in [0.15, 0.2) is 11.5 Å². The van der Waals surface area contributed by atoms with Crippen LogP contribution in [0.5, 0.6) is 17.2 Å². The maximum absolute atomic E-state index is 13.0. The van der Waals surface area contributed by atoms with Gasteiger partial charge in [-0.2, -0.15) is 0 Å². The second-order valence-electron chi connectivity index (χ2n) is 6.36. The van der Waals surface area contributed by atoms with E-state index in [0.717, 1.165) is 0 Å². The lowest BCUT2D eigenvalue weighted by molar-refractivity contribution is -0.138. The lowest BCUT2D eigenvalue weighted by Gasteiger charge is -2.30. The zero-order chi connectivity index (χ0) is 21.7. The Morgan fingerprint density at radius 1 is 0.967 bits per heavy atom. The summed E-state index contributed by atoms with van der Waals surface area (Å²) in [5, 5.41) is 5.54. The van der Waals surface area contributed by atoms with Gasteiger partial charge in [0.2, 0.25) is 0 Å². The predicted molar refractivity (Wildman–Crippen MR) is 111 cm³/mol. The van der Waals surface area contributed by atoms with Crippen molar-refractivity contribution < 1.29 is 28.5 Å². The summed E-state index contributed by atoms with van der Waals surface area (Å²) in [6.45, 7) is 1.91. The molecular weight excluding hydrogens is 388 g/mol. The molecule has 2 N–H and O–H groups in total. The third-order valence-electron chi connectivity index (χ3n) is 4.68. The third-order valence-corrected chi connectivity index (χ3v) is 4.68. The van der Waals surface area contributed by atoms with E-state index in [-0.39, 0.29) is 12.2 Å². The molecule has 0 bridgehead atoms. The number of esters is 1. The van der Waals surface area contributed by atoms with Crippen molar-refractivity contribution in [1.82, 2.24) is 10.6 Å². The van der Waals surface area contributed by atoms with E-state index in [1.807, 2.05) is 30.3 Å². The van der Waals surface area contributed by atoms with Crippen LogP contribution in [0.25, 0.3) is 5.70 Å². The van der Waals surface area contributed by atoms with Crippen molar-refractivity contribution >= 4 is 17.7 Å². The maximum Gasteiger partial charge on any atom is 0.338 e. The summed E-state index contributed by atoms with van der Waals surface area (Å²) in [5.74, 6) is 0.772. The molecule has 0 aromatic heterocycles. The number of carbonyl (C=O) groups excluding carboxylic acids is 2. The van der Waals surface area contributed by atoms with Gasteiger partial charge < -0.3 is 29.6 Å². The van der Waals surface area contributed by atoms with Crippen LogP contribution in [0.15, 0.2) is 48.0 Å². The fourth-order valence-electron chi connectivity index (χ4n) is 3.34. The third kappa shape index (κ3) is 4.03. The minimum atomic E-state index is -0.831. The first kappa shape index (κ1) is 21.0. The number of rotatable bonds is 7. The summed E-state index contributed by atoms with van der Waals surface area (Å²) in [6.07, 6.45) is 0. The molecule has 1 heterocycles. The maximum atomic E-state index is 13.0. The highest BCUT2D eigenvalue weighted by molar-refractivity contribution is 6.04. The van der Waals surface area contributed by atoms with Crippen molar-refractivity contribution in [1.29, 1.82) is 0 Å². The van der Waals surface area contributed by atoms with Crippen molar-refractivity contribution in [3.05, 3.63) is 59.2 Å². The van der Waals surface area contributed by atoms with Crippen molar-refractivity contribution in [3.63, 3.8) is 0 Å². The first-order chi connectivity index (χ1) is 14.5. The first-order valence-electron chi connectivity index (χ1n) is 9.38. The number of ether oxygens (including phenoxy) is 4. The molecule has 3 rings (SSSR count). The van der Waals surface area contributed by atoms with Crippen molar-refractivity contribution in [2.24, 2.45) is 0 Å². The molecule has 158 valence electrons. The molecule has 2 aromatic carbocycles. The number of hydrogen-bond acceptors (Lipinski definition) is 6. The Morgan fingerprint density at radius 2 is 1.60 bits per heavy atom. The van der Waals surface area contributed by atoms with Crippen molar-refractivity contribution in [2.75, 3.05) is 27.9 Å². The molecule has 0 unspecified atom stereocenters. The highest BCUT2D eigenvalue weighted by Gasteiger charge is 2.36. The molecule has 8 nitrogen and oxygen atoms in total. The summed E-state index contributed by atoms with van der Waals surface area (Å²) in [5.41, 5.74) is 1.84. The molecule has 2 amide bonds. The second-order valence-corrected chi connectivity index (χ2v) is 6.36. The highest BCUT2D eigenvalue weighted by Crippen LogP contribution is 2.41. The van der Waals surface area contributed by atoms with E-state index >= 15 is 0 Å². The van der Waals surface area contributed by atoms with Gasteiger partial charge in [-0.15, -0.1) is 0 Å². The molecule has 0 aliphatic carbocycles. The summed E-state index contributed by atoms with van der Waals surface area (Å²) < 4.78 is 21.6. The van der Waals surface area contributed by atoms with E-state index in [9.17, 15) is 9.59 Å². The Labute approximate surface area is 174 Å². The van der Waals surface area contributed by atoms with Gasteiger partial charge in [-0.1, -0.05) is 30.3 Å². The van der Waals surface area contributed by atoms with Crippen LogP contribution in [-0.4, -0.2) is 39.9 Å². The summed E-state index contributed by atoms with van der Waals surface area (Å²) in [6, 6.07) is 11.2. The Hall–Kier alpha value is -3.68. The van der Waals surface area contributed by atoms with Crippen LogP contribution in [0.2, 0.25) is 0 Å².